The number of nitrogens with zero attached hydrogens (tertiary/aromatic N) is 4. The van der Waals surface area contributed by atoms with Gasteiger partial charge in [0.2, 0.25) is 5.95 Å². The van der Waals surface area contributed by atoms with Crippen LogP contribution in [-0.2, 0) is 19.8 Å². The second-order valence-electron chi connectivity index (χ2n) is 4.84. The molecule has 0 aliphatic heterocycles. The Balaban J connectivity index is 2.22. The van der Waals surface area contributed by atoms with E-state index in [2.05, 4.69) is 20.4 Å². The zero-order valence-electron chi connectivity index (χ0n) is 12.2. The minimum atomic E-state index is -4.48. The van der Waals surface area contributed by atoms with Gasteiger partial charge in [0.1, 0.15) is 5.69 Å². The van der Waals surface area contributed by atoms with Crippen molar-refractivity contribution in [3.05, 3.63) is 34.4 Å². The summed E-state index contributed by atoms with van der Waals surface area (Å²) in [7, 11) is 1.82. The maximum Gasteiger partial charge on any atom is 0.433 e. The highest BCUT2D eigenvalue weighted by atomic mass is 19.4. The molecule has 0 saturated heterocycles. The van der Waals surface area contributed by atoms with Crippen molar-refractivity contribution in [1.82, 2.24) is 19.7 Å². The van der Waals surface area contributed by atoms with Crippen LogP contribution in [0.3, 0.4) is 0 Å². The van der Waals surface area contributed by atoms with Crippen molar-refractivity contribution in [3.63, 3.8) is 0 Å². The highest BCUT2D eigenvalue weighted by Gasteiger charge is 2.33. The Labute approximate surface area is 120 Å². The van der Waals surface area contributed by atoms with E-state index in [0.29, 0.717) is 6.54 Å². The summed E-state index contributed by atoms with van der Waals surface area (Å²) in [4.78, 5) is 7.49. The van der Waals surface area contributed by atoms with Crippen molar-refractivity contribution in [2.24, 2.45) is 7.05 Å². The number of rotatable bonds is 3. The molecule has 0 spiro atoms. The van der Waals surface area contributed by atoms with Gasteiger partial charge >= 0.3 is 6.18 Å². The predicted molar refractivity (Wildman–Crippen MR) is 71.8 cm³/mol. The molecule has 1 N–H and O–H groups in total. The summed E-state index contributed by atoms with van der Waals surface area (Å²) in [5.41, 5.74) is 2.02. The predicted octanol–water partition coefficient (Wildman–Crippen LogP) is 2.77. The lowest BCUT2D eigenvalue weighted by molar-refractivity contribution is -0.141. The number of halogens is 3. The van der Waals surface area contributed by atoms with Gasteiger partial charge in [-0.15, -0.1) is 0 Å². The molecule has 21 heavy (non-hydrogen) atoms. The van der Waals surface area contributed by atoms with Crippen LogP contribution in [0.25, 0.3) is 0 Å². The Bertz CT molecular complexity index is 661. The first-order chi connectivity index (χ1) is 9.68. The Morgan fingerprint density at radius 3 is 2.38 bits per heavy atom. The summed E-state index contributed by atoms with van der Waals surface area (Å²) < 4.78 is 39.9. The zero-order valence-corrected chi connectivity index (χ0v) is 12.2. The topological polar surface area (TPSA) is 55.6 Å². The molecule has 0 unspecified atom stereocenters. The van der Waals surface area contributed by atoms with Gasteiger partial charge < -0.3 is 5.32 Å². The molecule has 5 nitrogen and oxygen atoms in total. The summed E-state index contributed by atoms with van der Waals surface area (Å²) in [5, 5.41) is 7.09. The lowest BCUT2D eigenvalue weighted by Crippen LogP contribution is -2.13. The van der Waals surface area contributed by atoms with Crippen molar-refractivity contribution in [2.45, 2.75) is 33.5 Å². The maximum atomic E-state index is 12.7. The maximum absolute atomic E-state index is 12.7. The number of nitrogens with one attached hydrogen (secondary N) is 1. The molecule has 0 aromatic carbocycles. The lowest BCUT2D eigenvalue weighted by atomic mass is 10.2. The third-order valence-electron chi connectivity index (χ3n) is 3.23. The van der Waals surface area contributed by atoms with Gasteiger partial charge in [-0.1, -0.05) is 0 Å². The average Bonchev–Trinajstić information content (AvgIpc) is 2.59. The SMILES string of the molecule is Cc1cc(C(F)(F)F)nc(NCc2c(C)nn(C)c2C)n1. The van der Waals surface area contributed by atoms with Crippen LogP contribution in [0.1, 0.15) is 28.3 Å². The van der Waals surface area contributed by atoms with E-state index in [1.165, 1.54) is 6.92 Å². The van der Waals surface area contributed by atoms with Crippen LogP contribution in [0.2, 0.25) is 0 Å². The van der Waals surface area contributed by atoms with E-state index in [9.17, 15) is 13.2 Å². The molecule has 0 bridgehead atoms. The second kappa shape index (κ2) is 5.34. The average molecular weight is 299 g/mol. The van der Waals surface area contributed by atoms with E-state index in [1.54, 1.807) is 4.68 Å². The van der Waals surface area contributed by atoms with Crippen LogP contribution >= 0.6 is 0 Å². The summed E-state index contributed by atoms with van der Waals surface area (Å²) in [5.74, 6) is -0.0371. The van der Waals surface area contributed by atoms with Gasteiger partial charge in [0.25, 0.3) is 0 Å². The molecule has 0 aliphatic rings. The molecule has 8 heteroatoms. The summed E-state index contributed by atoms with van der Waals surface area (Å²) in [6, 6.07) is 0.922. The van der Waals surface area contributed by atoms with Crippen molar-refractivity contribution in [1.29, 1.82) is 0 Å². The molecule has 0 saturated carbocycles. The zero-order chi connectivity index (χ0) is 15.8. The lowest BCUT2D eigenvalue weighted by Gasteiger charge is -2.10. The Morgan fingerprint density at radius 2 is 1.86 bits per heavy atom. The number of aromatic nitrogens is 4. The first-order valence-electron chi connectivity index (χ1n) is 6.34. The third kappa shape index (κ3) is 3.32. The first kappa shape index (κ1) is 15.3. The number of hydrogen-bond acceptors (Lipinski definition) is 4. The van der Waals surface area contributed by atoms with E-state index in [-0.39, 0.29) is 11.6 Å². The van der Waals surface area contributed by atoms with Crippen molar-refractivity contribution >= 4 is 5.95 Å². The van der Waals surface area contributed by atoms with Crippen molar-refractivity contribution in [3.8, 4) is 0 Å². The van der Waals surface area contributed by atoms with Crippen LogP contribution in [0.5, 0.6) is 0 Å². The molecule has 0 amide bonds. The molecular weight excluding hydrogens is 283 g/mol. The van der Waals surface area contributed by atoms with Gasteiger partial charge in [0.05, 0.1) is 5.69 Å². The number of hydrogen-bond donors (Lipinski definition) is 1. The fourth-order valence-corrected chi connectivity index (χ4v) is 2.03. The van der Waals surface area contributed by atoms with Gasteiger partial charge in [-0.25, -0.2) is 9.97 Å². The fraction of sp³-hybridized carbons (Fsp3) is 0.462. The molecule has 114 valence electrons. The van der Waals surface area contributed by atoms with Crippen LogP contribution in [0.4, 0.5) is 19.1 Å². The standard InChI is InChI=1S/C13H16F3N5/c1-7-5-11(13(14,15)16)19-12(18-7)17-6-10-8(2)20-21(4)9(10)3/h5H,6H2,1-4H3,(H,17,18,19). The highest BCUT2D eigenvalue weighted by molar-refractivity contribution is 5.33. The van der Waals surface area contributed by atoms with Crippen LogP contribution in [0.15, 0.2) is 6.07 Å². The van der Waals surface area contributed by atoms with E-state index in [1.807, 2.05) is 20.9 Å². The molecule has 2 aromatic rings. The van der Waals surface area contributed by atoms with E-state index >= 15 is 0 Å². The molecular formula is C13H16F3N5. The molecule has 2 aromatic heterocycles. The smallest absolute Gasteiger partial charge is 0.350 e. The quantitative estimate of drug-likeness (QED) is 0.947. The molecule has 2 rings (SSSR count). The van der Waals surface area contributed by atoms with E-state index < -0.39 is 11.9 Å². The van der Waals surface area contributed by atoms with Crippen molar-refractivity contribution < 1.29 is 13.2 Å². The minimum Gasteiger partial charge on any atom is -0.350 e. The van der Waals surface area contributed by atoms with Gasteiger partial charge in [-0.2, -0.15) is 18.3 Å². The molecule has 0 radical (unpaired) electrons. The van der Waals surface area contributed by atoms with Crippen LogP contribution < -0.4 is 5.32 Å². The molecule has 0 atom stereocenters. The Morgan fingerprint density at radius 1 is 1.19 bits per heavy atom. The summed E-state index contributed by atoms with van der Waals surface area (Å²) >= 11 is 0. The first-order valence-corrected chi connectivity index (χ1v) is 6.34. The fourth-order valence-electron chi connectivity index (χ4n) is 2.03. The Kier molecular flexibility index (Phi) is 3.89. The summed E-state index contributed by atoms with van der Waals surface area (Å²) in [6.07, 6.45) is -4.48. The van der Waals surface area contributed by atoms with Gasteiger partial charge in [-0.05, 0) is 26.8 Å². The third-order valence-corrected chi connectivity index (χ3v) is 3.23. The second-order valence-corrected chi connectivity index (χ2v) is 4.84. The van der Waals surface area contributed by atoms with E-state index in [4.69, 9.17) is 0 Å². The van der Waals surface area contributed by atoms with Crippen LogP contribution in [0, 0.1) is 20.8 Å². The van der Waals surface area contributed by atoms with Crippen molar-refractivity contribution in [2.75, 3.05) is 5.32 Å². The number of alkyl halides is 3. The van der Waals surface area contributed by atoms with Crippen LogP contribution in [-0.4, -0.2) is 19.7 Å². The largest absolute Gasteiger partial charge is 0.433 e. The van der Waals surface area contributed by atoms with Gasteiger partial charge in [-0.3, -0.25) is 4.68 Å². The number of anilines is 1. The number of aryl methyl sites for hydroxylation is 3. The Hall–Kier alpha value is -2.12. The molecule has 2 heterocycles. The van der Waals surface area contributed by atoms with Gasteiger partial charge in [0, 0.05) is 30.5 Å². The highest BCUT2D eigenvalue weighted by Crippen LogP contribution is 2.28. The normalized spacial score (nSPS) is 11.8. The van der Waals surface area contributed by atoms with E-state index in [0.717, 1.165) is 23.0 Å². The monoisotopic (exact) mass is 299 g/mol. The molecule has 0 fully saturated rings. The van der Waals surface area contributed by atoms with Gasteiger partial charge in [0.15, 0.2) is 0 Å². The molecule has 0 aliphatic carbocycles. The summed E-state index contributed by atoms with van der Waals surface area (Å²) in [6.45, 7) is 5.58. The minimum absolute atomic E-state index is 0.0371.